The second kappa shape index (κ2) is 6.82. The summed E-state index contributed by atoms with van der Waals surface area (Å²) in [6, 6.07) is 7.84. The lowest BCUT2D eigenvalue weighted by Gasteiger charge is -2.26. The van der Waals surface area contributed by atoms with Gasteiger partial charge in [0, 0.05) is 22.8 Å². The molecule has 17 heavy (non-hydrogen) atoms. The maximum Gasteiger partial charge on any atom is 0.150 e. The van der Waals surface area contributed by atoms with Crippen LogP contribution in [0.15, 0.2) is 29.2 Å². The molecule has 1 aliphatic rings. The topological polar surface area (TPSA) is 20.3 Å². The van der Waals surface area contributed by atoms with Crippen LogP contribution in [-0.2, 0) is 0 Å². The summed E-state index contributed by atoms with van der Waals surface area (Å²) in [6.07, 6.45) is 5.01. The van der Waals surface area contributed by atoms with Crippen molar-refractivity contribution in [2.75, 3.05) is 25.4 Å². The number of aldehydes is 1. The van der Waals surface area contributed by atoms with Crippen LogP contribution in [0.3, 0.4) is 0 Å². The molecular weight excluding hydrogens is 230 g/mol. The van der Waals surface area contributed by atoms with Crippen molar-refractivity contribution in [3.8, 4) is 0 Å². The fourth-order valence-corrected chi connectivity index (χ4v) is 3.13. The molecule has 0 bridgehead atoms. The molecule has 3 heteroatoms. The minimum Gasteiger partial charge on any atom is -0.303 e. The van der Waals surface area contributed by atoms with Crippen LogP contribution in [0.25, 0.3) is 0 Å². The van der Waals surface area contributed by atoms with Crippen LogP contribution in [0.4, 0.5) is 0 Å². The zero-order chi connectivity index (χ0) is 11.9. The van der Waals surface area contributed by atoms with Crippen molar-refractivity contribution in [2.24, 2.45) is 0 Å². The van der Waals surface area contributed by atoms with E-state index in [1.54, 1.807) is 0 Å². The van der Waals surface area contributed by atoms with Gasteiger partial charge in [0.05, 0.1) is 0 Å². The number of rotatable bonds is 5. The average molecular weight is 249 g/mol. The van der Waals surface area contributed by atoms with Crippen LogP contribution < -0.4 is 0 Å². The maximum atomic E-state index is 10.7. The van der Waals surface area contributed by atoms with Gasteiger partial charge < -0.3 is 4.90 Å². The summed E-state index contributed by atoms with van der Waals surface area (Å²) in [6.45, 7) is 3.68. The molecule has 1 heterocycles. The number of piperidine rings is 1. The first-order valence-electron chi connectivity index (χ1n) is 6.29. The zero-order valence-corrected chi connectivity index (χ0v) is 10.9. The molecule has 0 spiro atoms. The Hall–Kier alpha value is -0.800. The first kappa shape index (κ1) is 12.7. The first-order chi connectivity index (χ1) is 8.38. The summed E-state index contributed by atoms with van der Waals surface area (Å²) in [5, 5.41) is 0. The van der Waals surface area contributed by atoms with Crippen molar-refractivity contribution >= 4 is 18.0 Å². The van der Waals surface area contributed by atoms with Gasteiger partial charge in [0.2, 0.25) is 0 Å². The van der Waals surface area contributed by atoms with Crippen LogP contribution in [-0.4, -0.2) is 36.6 Å². The summed E-state index contributed by atoms with van der Waals surface area (Å²) < 4.78 is 0. The third-order valence-corrected chi connectivity index (χ3v) is 4.09. The fraction of sp³-hybridized carbons (Fsp3) is 0.500. The second-order valence-electron chi connectivity index (χ2n) is 4.44. The van der Waals surface area contributed by atoms with Gasteiger partial charge in [-0.3, -0.25) is 4.79 Å². The number of carbonyl (C=O) groups excluding carboxylic acids is 1. The molecule has 1 fully saturated rings. The Labute approximate surface area is 107 Å². The number of benzene rings is 1. The van der Waals surface area contributed by atoms with Gasteiger partial charge >= 0.3 is 0 Å². The number of hydrogen-bond donors (Lipinski definition) is 0. The molecular formula is C14H19NOS. The second-order valence-corrected chi connectivity index (χ2v) is 5.61. The molecule has 1 aromatic carbocycles. The largest absolute Gasteiger partial charge is 0.303 e. The minimum atomic E-state index is 0.771. The van der Waals surface area contributed by atoms with Crippen molar-refractivity contribution in [2.45, 2.75) is 24.2 Å². The van der Waals surface area contributed by atoms with Crippen LogP contribution in [0.1, 0.15) is 29.6 Å². The zero-order valence-electron chi connectivity index (χ0n) is 10.1. The van der Waals surface area contributed by atoms with Gasteiger partial charge in [-0.1, -0.05) is 18.6 Å². The number of thioether (sulfide) groups is 1. The number of hydrogen-bond acceptors (Lipinski definition) is 3. The van der Waals surface area contributed by atoms with E-state index < -0.39 is 0 Å². The van der Waals surface area contributed by atoms with E-state index in [1.807, 2.05) is 30.0 Å². The van der Waals surface area contributed by atoms with Crippen molar-refractivity contribution in [3.63, 3.8) is 0 Å². The summed E-state index contributed by atoms with van der Waals surface area (Å²) in [7, 11) is 0. The van der Waals surface area contributed by atoms with Crippen molar-refractivity contribution in [1.82, 2.24) is 4.90 Å². The number of carbonyl (C=O) groups is 1. The van der Waals surface area contributed by atoms with E-state index in [0.29, 0.717) is 0 Å². The van der Waals surface area contributed by atoms with Gasteiger partial charge in [-0.2, -0.15) is 0 Å². The van der Waals surface area contributed by atoms with E-state index >= 15 is 0 Å². The molecule has 0 N–H and O–H groups in total. The number of nitrogens with zero attached hydrogens (tertiary/aromatic N) is 1. The lowest BCUT2D eigenvalue weighted by molar-refractivity contribution is 0.112. The number of likely N-dealkylation sites (tertiary alicyclic amines) is 1. The Balaban J connectivity index is 1.75. The SMILES string of the molecule is O=Cc1cccc(SCCN2CCCCC2)c1. The molecule has 92 valence electrons. The van der Waals surface area contributed by atoms with Crippen LogP contribution >= 0.6 is 11.8 Å². The van der Waals surface area contributed by atoms with Crippen LogP contribution in [0, 0.1) is 0 Å². The minimum absolute atomic E-state index is 0.771. The van der Waals surface area contributed by atoms with Gasteiger partial charge in [-0.05, 0) is 38.1 Å². The summed E-state index contributed by atoms with van der Waals surface area (Å²) >= 11 is 1.84. The Morgan fingerprint density at radius 1 is 1.24 bits per heavy atom. The Morgan fingerprint density at radius 3 is 2.82 bits per heavy atom. The van der Waals surface area contributed by atoms with E-state index in [0.717, 1.165) is 24.1 Å². The average Bonchev–Trinajstić information content (AvgIpc) is 2.40. The van der Waals surface area contributed by atoms with E-state index in [4.69, 9.17) is 0 Å². The molecule has 0 aromatic heterocycles. The van der Waals surface area contributed by atoms with E-state index in [2.05, 4.69) is 11.0 Å². The maximum absolute atomic E-state index is 10.7. The fourth-order valence-electron chi connectivity index (χ4n) is 2.15. The molecule has 0 saturated carbocycles. The summed E-state index contributed by atoms with van der Waals surface area (Å²) in [5.41, 5.74) is 0.771. The van der Waals surface area contributed by atoms with Gasteiger partial charge in [0.15, 0.2) is 0 Å². The monoisotopic (exact) mass is 249 g/mol. The lowest BCUT2D eigenvalue weighted by atomic mass is 10.1. The highest BCUT2D eigenvalue weighted by atomic mass is 32.2. The van der Waals surface area contributed by atoms with Crippen LogP contribution in [0.2, 0.25) is 0 Å². The smallest absolute Gasteiger partial charge is 0.150 e. The van der Waals surface area contributed by atoms with E-state index in [1.165, 1.54) is 37.2 Å². The predicted octanol–water partition coefficient (Wildman–Crippen LogP) is 3.08. The first-order valence-corrected chi connectivity index (χ1v) is 7.27. The molecule has 0 atom stereocenters. The Kier molecular flexibility index (Phi) is 5.08. The Morgan fingerprint density at radius 2 is 2.06 bits per heavy atom. The van der Waals surface area contributed by atoms with Gasteiger partial charge in [-0.15, -0.1) is 11.8 Å². The molecule has 1 aromatic rings. The highest BCUT2D eigenvalue weighted by Crippen LogP contribution is 2.19. The molecule has 0 aliphatic carbocycles. The highest BCUT2D eigenvalue weighted by Gasteiger charge is 2.09. The van der Waals surface area contributed by atoms with Crippen molar-refractivity contribution in [3.05, 3.63) is 29.8 Å². The summed E-state index contributed by atoms with van der Waals surface area (Å²) in [5.74, 6) is 1.11. The molecule has 1 aliphatic heterocycles. The normalized spacial score (nSPS) is 16.9. The highest BCUT2D eigenvalue weighted by molar-refractivity contribution is 7.99. The lowest BCUT2D eigenvalue weighted by Crippen LogP contribution is -2.31. The molecule has 1 saturated heterocycles. The third kappa shape index (κ3) is 4.17. The summed E-state index contributed by atoms with van der Waals surface area (Å²) in [4.78, 5) is 14.4. The Bertz CT molecular complexity index is 361. The molecule has 0 radical (unpaired) electrons. The van der Waals surface area contributed by atoms with Gasteiger partial charge in [0.25, 0.3) is 0 Å². The standard InChI is InChI=1S/C14H19NOS/c16-12-13-5-4-6-14(11-13)17-10-9-15-7-2-1-3-8-15/h4-6,11-12H,1-3,7-10H2. The van der Waals surface area contributed by atoms with E-state index in [9.17, 15) is 4.79 Å². The van der Waals surface area contributed by atoms with Crippen molar-refractivity contribution < 1.29 is 4.79 Å². The molecule has 2 nitrogen and oxygen atoms in total. The predicted molar refractivity (Wildman–Crippen MR) is 72.8 cm³/mol. The van der Waals surface area contributed by atoms with Gasteiger partial charge in [-0.25, -0.2) is 0 Å². The van der Waals surface area contributed by atoms with E-state index in [-0.39, 0.29) is 0 Å². The molecule has 0 unspecified atom stereocenters. The van der Waals surface area contributed by atoms with Gasteiger partial charge in [0.1, 0.15) is 6.29 Å². The molecule has 2 rings (SSSR count). The molecule has 0 amide bonds. The van der Waals surface area contributed by atoms with Crippen LogP contribution in [0.5, 0.6) is 0 Å². The van der Waals surface area contributed by atoms with Crippen molar-refractivity contribution in [1.29, 1.82) is 0 Å². The quantitative estimate of drug-likeness (QED) is 0.591. The third-order valence-electron chi connectivity index (χ3n) is 3.12.